The monoisotopic (exact) mass is 564 g/mol. The molecule has 9 heteroatoms. The van der Waals surface area contributed by atoms with Gasteiger partial charge < -0.3 is 10.2 Å². The molecule has 2 amide bonds. The maximum Gasteiger partial charge on any atom is 0.324 e. The molecular weight excluding hydrogens is 544 g/mol. The van der Waals surface area contributed by atoms with E-state index in [-0.39, 0.29) is 18.1 Å². The Balaban J connectivity index is 1.89. The molecule has 0 saturated carbocycles. The van der Waals surface area contributed by atoms with Crippen LogP contribution in [0.25, 0.3) is 0 Å². The highest BCUT2D eigenvalue weighted by molar-refractivity contribution is 9.10. The van der Waals surface area contributed by atoms with Crippen LogP contribution < -0.4 is 10.2 Å². The number of benzene rings is 2. The summed E-state index contributed by atoms with van der Waals surface area (Å²) in [5.74, 6) is -4.42. The number of fused-ring (bicyclic) bond motifs is 1. The molecule has 2 fully saturated rings. The highest BCUT2D eigenvalue weighted by Gasteiger charge is 2.68. The van der Waals surface area contributed by atoms with Crippen LogP contribution in [-0.2, 0) is 14.4 Å². The van der Waals surface area contributed by atoms with Gasteiger partial charge in [0.05, 0.1) is 17.5 Å². The lowest BCUT2D eigenvalue weighted by molar-refractivity contribution is -0.149. The second kappa shape index (κ2) is 8.28. The third-order valence-electron chi connectivity index (χ3n) is 6.18. The zero-order valence-electron chi connectivity index (χ0n) is 17.4. The fourth-order valence-electron chi connectivity index (χ4n) is 5.00. The predicted octanol–water partition coefficient (Wildman–Crippen LogP) is 4.24. The minimum atomic E-state index is -1.64. The summed E-state index contributed by atoms with van der Waals surface area (Å²) in [5.41, 5.74) is -0.881. The number of rotatable bonds is 5. The molecule has 0 unspecified atom stereocenters. The number of carbonyl (C=O) groups is 3. The van der Waals surface area contributed by atoms with Crippen molar-refractivity contribution >= 4 is 55.3 Å². The summed E-state index contributed by atoms with van der Waals surface area (Å²) in [4.78, 5) is 41.0. The first-order chi connectivity index (χ1) is 15.1. The predicted molar refractivity (Wildman–Crippen MR) is 125 cm³/mol. The molecule has 32 heavy (non-hydrogen) atoms. The van der Waals surface area contributed by atoms with Gasteiger partial charge in [0.15, 0.2) is 0 Å². The quantitative estimate of drug-likeness (QED) is 0.468. The molecule has 2 heterocycles. The van der Waals surface area contributed by atoms with Gasteiger partial charge >= 0.3 is 5.97 Å². The van der Waals surface area contributed by atoms with E-state index in [2.05, 4.69) is 37.2 Å². The average Bonchev–Trinajstić information content (AvgIpc) is 3.19. The van der Waals surface area contributed by atoms with E-state index in [1.165, 1.54) is 6.07 Å². The summed E-state index contributed by atoms with van der Waals surface area (Å²) < 4.78 is 1.46. The molecule has 4 rings (SSSR count). The molecular formula is C23H22Br2N2O5. The lowest BCUT2D eigenvalue weighted by atomic mass is 9.75. The highest BCUT2D eigenvalue weighted by Crippen LogP contribution is 2.53. The molecule has 2 aliphatic rings. The summed E-state index contributed by atoms with van der Waals surface area (Å²) in [6.07, 6.45) is 0.155. The van der Waals surface area contributed by atoms with E-state index in [9.17, 15) is 24.6 Å². The topological polar surface area (TPSA) is 107 Å². The molecule has 2 aliphatic heterocycles. The standard InChI is InChI=1S/C23H22Br2N2O5/c1-11(2)10-23(22(31)32)18-17(19(26-23)15-9-13(25)5-8-16(15)28)20(29)27(21(18)30)14-6-3-12(24)4-7-14/h3-9,11,17-19,26,28H,10H2,1-2H3,(H,31,32)/t17-,18-,19-,23+/m0/s1. The zero-order chi connectivity index (χ0) is 23.4. The maximum absolute atomic E-state index is 13.6. The Morgan fingerprint density at radius 2 is 1.72 bits per heavy atom. The van der Waals surface area contributed by atoms with Crippen LogP contribution in [0.1, 0.15) is 31.9 Å². The van der Waals surface area contributed by atoms with E-state index in [0.29, 0.717) is 15.7 Å². The van der Waals surface area contributed by atoms with Crippen molar-refractivity contribution in [2.75, 3.05) is 4.90 Å². The number of carbonyl (C=O) groups excluding carboxylic acids is 2. The van der Waals surface area contributed by atoms with Crippen molar-refractivity contribution in [1.29, 1.82) is 0 Å². The Hall–Kier alpha value is -2.23. The molecule has 7 nitrogen and oxygen atoms in total. The Labute approximate surface area is 202 Å². The van der Waals surface area contributed by atoms with Crippen molar-refractivity contribution < 1.29 is 24.6 Å². The fourth-order valence-corrected chi connectivity index (χ4v) is 5.65. The minimum absolute atomic E-state index is 0.0567. The van der Waals surface area contributed by atoms with E-state index in [1.807, 2.05) is 13.8 Å². The first-order valence-corrected chi connectivity index (χ1v) is 11.8. The molecule has 2 aromatic carbocycles. The number of phenolic OH excluding ortho intramolecular Hbond substituents is 1. The maximum atomic E-state index is 13.6. The number of amides is 2. The van der Waals surface area contributed by atoms with Crippen molar-refractivity contribution in [2.24, 2.45) is 17.8 Å². The van der Waals surface area contributed by atoms with Crippen molar-refractivity contribution in [2.45, 2.75) is 31.8 Å². The van der Waals surface area contributed by atoms with Gasteiger partial charge in [-0.3, -0.25) is 19.7 Å². The van der Waals surface area contributed by atoms with Crippen LogP contribution >= 0.6 is 31.9 Å². The number of nitrogens with zero attached hydrogens (tertiary/aromatic N) is 1. The van der Waals surface area contributed by atoms with Gasteiger partial charge in [0, 0.05) is 20.6 Å². The van der Waals surface area contributed by atoms with E-state index >= 15 is 0 Å². The minimum Gasteiger partial charge on any atom is -0.508 e. The number of halogens is 2. The number of aliphatic carboxylic acids is 1. The number of hydrogen-bond acceptors (Lipinski definition) is 5. The summed E-state index contributed by atoms with van der Waals surface area (Å²) in [7, 11) is 0. The number of hydrogen-bond donors (Lipinski definition) is 3. The van der Waals surface area contributed by atoms with Gasteiger partial charge in [0.25, 0.3) is 0 Å². The number of anilines is 1. The van der Waals surface area contributed by atoms with Crippen molar-refractivity contribution in [3.05, 3.63) is 57.0 Å². The Bertz CT molecular complexity index is 1100. The Morgan fingerprint density at radius 1 is 1.09 bits per heavy atom. The van der Waals surface area contributed by atoms with Crippen LogP contribution in [0, 0.1) is 17.8 Å². The van der Waals surface area contributed by atoms with E-state index in [1.54, 1.807) is 36.4 Å². The first kappa shape index (κ1) is 22.9. The molecule has 0 radical (unpaired) electrons. The van der Waals surface area contributed by atoms with Crippen molar-refractivity contribution in [3.63, 3.8) is 0 Å². The number of phenols is 1. The number of carboxylic acids is 1. The molecule has 0 aliphatic carbocycles. The highest BCUT2D eigenvalue weighted by atomic mass is 79.9. The number of aromatic hydroxyl groups is 1. The zero-order valence-corrected chi connectivity index (χ0v) is 20.6. The van der Waals surface area contributed by atoms with Gasteiger partial charge in [0.2, 0.25) is 11.8 Å². The van der Waals surface area contributed by atoms with Gasteiger partial charge in [-0.05, 0) is 54.8 Å². The molecule has 0 spiro atoms. The van der Waals surface area contributed by atoms with Gasteiger partial charge in [-0.2, -0.15) is 0 Å². The lowest BCUT2D eigenvalue weighted by Gasteiger charge is -2.32. The number of nitrogens with one attached hydrogen (secondary N) is 1. The van der Waals surface area contributed by atoms with Crippen LogP contribution in [-0.4, -0.2) is 33.5 Å². The molecule has 0 bridgehead atoms. The molecule has 2 saturated heterocycles. The number of imide groups is 1. The smallest absolute Gasteiger partial charge is 0.324 e. The Morgan fingerprint density at radius 3 is 2.31 bits per heavy atom. The molecule has 4 atom stereocenters. The molecule has 168 valence electrons. The van der Waals surface area contributed by atoms with Crippen LogP contribution in [0.3, 0.4) is 0 Å². The molecule has 2 aromatic rings. The normalized spacial score (nSPS) is 27.3. The Kier molecular flexibility index (Phi) is 5.94. The summed E-state index contributed by atoms with van der Waals surface area (Å²) in [5, 5.41) is 24.0. The lowest BCUT2D eigenvalue weighted by Crippen LogP contribution is -2.56. The summed E-state index contributed by atoms with van der Waals surface area (Å²) in [6, 6.07) is 10.7. The second-order valence-corrected chi connectivity index (χ2v) is 10.5. The van der Waals surface area contributed by atoms with E-state index < -0.39 is 41.2 Å². The second-order valence-electron chi connectivity index (χ2n) is 8.69. The van der Waals surface area contributed by atoms with Gasteiger partial charge in [-0.25, -0.2) is 4.90 Å². The summed E-state index contributed by atoms with van der Waals surface area (Å²) >= 11 is 6.72. The molecule has 0 aromatic heterocycles. The van der Waals surface area contributed by atoms with Gasteiger partial charge in [0.1, 0.15) is 11.3 Å². The van der Waals surface area contributed by atoms with Crippen LogP contribution in [0.2, 0.25) is 0 Å². The van der Waals surface area contributed by atoms with Crippen molar-refractivity contribution in [3.8, 4) is 5.75 Å². The third-order valence-corrected chi connectivity index (χ3v) is 7.20. The third kappa shape index (κ3) is 3.56. The average molecular weight is 566 g/mol. The van der Waals surface area contributed by atoms with Gasteiger partial charge in [-0.1, -0.05) is 45.7 Å². The van der Waals surface area contributed by atoms with Crippen LogP contribution in [0.15, 0.2) is 51.4 Å². The molecule has 3 N–H and O–H groups in total. The SMILES string of the molecule is CC(C)C[C@@]1(C(=O)O)N[C@@H](c2cc(Br)ccc2O)[C@H]2C(=O)N(c3ccc(Br)cc3)C(=O)[C@H]21. The van der Waals surface area contributed by atoms with Crippen LogP contribution in [0.4, 0.5) is 5.69 Å². The van der Waals surface area contributed by atoms with Crippen molar-refractivity contribution in [1.82, 2.24) is 5.32 Å². The van der Waals surface area contributed by atoms with Gasteiger partial charge in [-0.15, -0.1) is 0 Å². The van der Waals surface area contributed by atoms with E-state index in [4.69, 9.17) is 0 Å². The first-order valence-electron chi connectivity index (χ1n) is 10.2. The van der Waals surface area contributed by atoms with E-state index in [0.717, 1.165) is 9.37 Å². The van der Waals surface area contributed by atoms with Crippen LogP contribution in [0.5, 0.6) is 5.75 Å². The largest absolute Gasteiger partial charge is 0.508 e. The summed E-state index contributed by atoms with van der Waals surface area (Å²) in [6.45, 7) is 3.75. The number of carboxylic acid groups (broad SMARTS) is 1. The fraction of sp³-hybridized carbons (Fsp3) is 0.348.